The number of carbonyl (C=O) groups is 1. The lowest BCUT2D eigenvalue weighted by molar-refractivity contribution is -0.183. The zero-order valence-corrected chi connectivity index (χ0v) is 24.2. The highest BCUT2D eigenvalue weighted by Crippen LogP contribution is 2.39. The standard InChI is InChI=1S/C30H40F3N3O3S/c1-4-40(38,39)28-15-9-23(10-16-28)21(3)35-29(37)24-7-13-27(14-8-24)36-19-26(17-20(36)2)34-18-22-5-11-25(12-6-22)30(31,32)33/h7-10,13-16,20-22,25-26,34H,4-6,11-12,17-19H2,1-3H3,(H,35,37)/t20-,21+,22-,25-,26+/m1/s1. The Morgan fingerprint density at radius 1 is 1.02 bits per heavy atom. The van der Waals surface area contributed by atoms with Crippen LogP contribution in [0.1, 0.15) is 74.8 Å². The van der Waals surface area contributed by atoms with Crippen LogP contribution in [0, 0.1) is 11.8 Å². The van der Waals surface area contributed by atoms with Crippen molar-refractivity contribution in [3.05, 3.63) is 59.7 Å². The maximum absolute atomic E-state index is 12.9. The number of halogens is 3. The summed E-state index contributed by atoms with van der Waals surface area (Å²) >= 11 is 0. The lowest BCUT2D eigenvalue weighted by Crippen LogP contribution is -2.38. The van der Waals surface area contributed by atoms with E-state index in [1.54, 1.807) is 43.3 Å². The number of anilines is 1. The molecule has 10 heteroatoms. The molecule has 0 bridgehead atoms. The Balaban J connectivity index is 1.27. The highest BCUT2D eigenvalue weighted by molar-refractivity contribution is 7.91. The molecule has 2 aromatic carbocycles. The number of sulfone groups is 1. The molecule has 1 aliphatic carbocycles. The second kappa shape index (κ2) is 12.5. The fourth-order valence-corrected chi connectivity index (χ4v) is 6.75. The normalized spacial score (nSPS) is 24.6. The number of nitrogens with one attached hydrogen (secondary N) is 2. The molecule has 1 saturated heterocycles. The summed E-state index contributed by atoms with van der Waals surface area (Å²) < 4.78 is 62.9. The molecule has 2 fully saturated rings. The summed E-state index contributed by atoms with van der Waals surface area (Å²) in [6.07, 6.45) is -1.40. The minimum Gasteiger partial charge on any atom is -0.367 e. The quantitative estimate of drug-likeness (QED) is 0.387. The molecule has 2 aliphatic rings. The zero-order valence-electron chi connectivity index (χ0n) is 23.4. The molecule has 2 aromatic rings. The first-order valence-corrected chi connectivity index (χ1v) is 15.8. The fourth-order valence-electron chi connectivity index (χ4n) is 5.86. The molecule has 0 radical (unpaired) electrons. The lowest BCUT2D eigenvalue weighted by Gasteiger charge is -2.30. The van der Waals surface area contributed by atoms with Gasteiger partial charge in [0.2, 0.25) is 0 Å². The highest BCUT2D eigenvalue weighted by Gasteiger charge is 2.41. The minimum atomic E-state index is -4.07. The van der Waals surface area contributed by atoms with Crippen molar-refractivity contribution in [2.75, 3.05) is 23.7 Å². The molecule has 1 heterocycles. The maximum atomic E-state index is 12.9. The summed E-state index contributed by atoms with van der Waals surface area (Å²) in [4.78, 5) is 15.4. The molecule has 4 rings (SSSR count). The molecule has 1 amide bonds. The van der Waals surface area contributed by atoms with E-state index >= 15 is 0 Å². The number of hydrogen-bond acceptors (Lipinski definition) is 5. The van der Waals surface area contributed by atoms with Gasteiger partial charge in [0.1, 0.15) is 0 Å². The first kappa shape index (κ1) is 30.4. The van der Waals surface area contributed by atoms with Gasteiger partial charge >= 0.3 is 6.18 Å². The van der Waals surface area contributed by atoms with Crippen molar-refractivity contribution >= 4 is 21.4 Å². The maximum Gasteiger partial charge on any atom is 0.391 e. The Bertz CT molecular complexity index is 1240. The molecule has 0 spiro atoms. The zero-order chi connectivity index (χ0) is 29.1. The molecule has 40 heavy (non-hydrogen) atoms. The van der Waals surface area contributed by atoms with E-state index in [1.165, 1.54) is 0 Å². The third-order valence-corrected chi connectivity index (χ3v) is 10.3. The number of alkyl halides is 3. The molecule has 6 nitrogen and oxygen atoms in total. The third kappa shape index (κ3) is 7.37. The fraction of sp³-hybridized carbons (Fsp3) is 0.567. The van der Waals surface area contributed by atoms with Crippen LogP contribution >= 0.6 is 0 Å². The number of amides is 1. The first-order chi connectivity index (χ1) is 18.9. The first-order valence-electron chi connectivity index (χ1n) is 14.2. The van der Waals surface area contributed by atoms with E-state index in [-0.39, 0.29) is 41.5 Å². The van der Waals surface area contributed by atoms with Crippen molar-refractivity contribution in [2.45, 2.75) is 82.1 Å². The number of benzene rings is 2. The van der Waals surface area contributed by atoms with Gasteiger partial charge in [0.05, 0.1) is 22.6 Å². The van der Waals surface area contributed by atoms with Crippen molar-refractivity contribution in [1.29, 1.82) is 0 Å². The van der Waals surface area contributed by atoms with E-state index in [1.807, 2.05) is 19.1 Å². The Kier molecular flexibility index (Phi) is 9.50. The Morgan fingerprint density at radius 3 is 2.23 bits per heavy atom. The second-order valence-electron chi connectivity index (χ2n) is 11.3. The van der Waals surface area contributed by atoms with Gasteiger partial charge in [0, 0.05) is 29.9 Å². The highest BCUT2D eigenvalue weighted by atomic mass is 32.2. The molecule has 220 valence electrons. The van der Waals surface area contributed by atoms with Gasteiger partial charge in [-0.2, -0.15) is 13.2 Å². The smallest absolute Gasteiger partial charge is 0.367 e. The van der Waals surface area contributed by atoms with Gasteiger partial charge in [0.15, 0.2) is 9.84 Å². The molecular weight excluding hydrogens is 539 g/mol. The van der Waals surface area contributed by atoms with Crippen LogP contribution in [-0.4, -0.2) is 51.4 Å². The molecule has 0 unspecified atom stereocenters. The summed E-state index contributed by atoms with van der Waals surface area (Å²) in [5.74, 6) is -1.02. The van der Waals surface area contributed by atoms with Gasteiger partial charge in [-0.25, -0.2) is 8.42 Å². The van der Waals surface area contributed by atoms with Gasteiger partial charge < -0.3 is 15.5 Å². The van der Waals surface area contributed by atoms with E-state index < -0.39 is 21.9 Å². The summed E-state index contributed by atoms with van der Waals surface area (Å²) in [6.45, 7) is 7.19. The average molecular weight is 580 g/mol. The van der Waals surface area contributed by atoms with Crippen LogP contribution in [-0.2, 0) is 9.84 Å². The average Bonchev–Trinajstić information content (AvgIpc) is 3.32. The monoisotopic (exact) mass is 579 g/mol. The van der Waals surface area contributed by atoms with Crippen LogP contribution in [0.25, 0.3) is 0 Å². The van der Waals surface area contributed by atoms with Crippen molar-refractivity contribution in [2.24, 2.45) is 11.8 Å². The Hall–Kier alpha value is -2.59. The van der Waals surface area contributed by atoms with Crippen molar-refractivity contribution < 1.29 is 26.4 Å². The van der Waals surface area contributed by atoms with Crippen LogP contribution < -0.4 is 15.5 Å². The van der Waals surface area contributed by atoms with E-state index in [2.05, 4.69) is 22.5 Å². The molecule has 1 saturated carbocycles. The third-order valence-electron chi connectivity index (χ3n) is 8.51. The van der Waals surface area contributed by atoms with Gasteiger partial charge in [-0.05, 0) is 100 Å². The minimum absolute atomic E-state index is 0.0389. The van der Waals surface area contributed by atoms with Gasteiger partial charge in [-0.3, -0.25) is 4.79 Å². The van der Waals surface area contributed by atoms with Crippen LogP contribution in [0.15, 0.2) is 53.4 Å². The molecule has 3 atom stereocenters. The molecule has 1 aliphatic heterocycles. The summed E-state index contributed by atoms with van der Waals surface area (Å²) in [7, 11) is -3.27. The van der Waals surface area contributed by atoms with Crippen LogP contribution in [0.4, 0.5) is 18.9 Å². The predicted molar refractivity (Wildman–Crippen MR) is 151 cm³/mol. The van der Waals surface area contributed by atoms with Gasteiger partial charge in [-0.15, -0.1) is 0 Å². The predicted octanol–water partition coefficient (Wildman–Crippen LogP) is 5.90. The molecular formula is C30H40F3N3O3S. The summed E-state index contributed by atoms with van der Waals surface area (Å²) in [6, 6.07) is 14.4. The summed E-state index contributed by atoms with van der Waals surface area (Å²) in [5, 5.41) is 6.57. The number of rotatable bonds is 9. The Morgan fingerprint density at radius 2 is 1.65 bits per heavy atom. The van der Waals surface area contributed by atoms with Crippen molar-refractivity contribution in [3.63, 3.8) is 0 Å². The van der Waals surface area contributed by atoms with E-state index in [9.17, 15) is 26.4 Å². The van der Waals surface area contributed by atoms with Crippen molar-refractivity contribution in [3.8, 4) is 0 Å². The van der Waals surface area contributed by atoms with Crippen LogP contribution in [0.5, 0.6) is 0 Å². The SMILES string of the molecule is CCS(=O)(=O)c1ccc([C@H](C)NC(=O)c2ccc(N3C[C@@H](NC[C@H]4CC[C@H](C(F)(F)F)CC4)C[C@H]3C)cc2)cc1. The largest absolute Gasteiger partial charge is 0.391 e. The van der Waals surface area contributed by atoms with Gasteiger partial charge in [0.25, 0.3) is 5.91 Å². The number of nitrogens with zero attached hydrogens (tertiary/aromatic N) is 1. The van der Waals surface area contributed by atoms with E-state index in [0.717, 1.165) is 30.8 Å². The van der Waals surface area contributed by atoms with E-state index in [0.29, 0.717) is 30.4 Å². The topological polar surface area (TPSA) is 78.5 Å². The molecule has 0 aromatic heterocycles. The van der Waals surface area contributed by atoms with Gasteiger partial charge in [-0.1, -0.05) is 19.1 Å². The van der Waals surface area contributed by atoms with Crippen LogP contribution in [0.3, 0.4) is 0 Å². The Labute approximate surface area is 235 Å². The summed E-state index contributed by atoms with van der Waals surface area (Å²) in [5.41, 5.74) is 2.38. The lowest BCUT2D eigenvalue weighted by atomic mass is 9.81. The van der Waals surface area contributed by atoms with Crippen molar-refractivity contribution in [1.82, 2.24) is 10.6 Å². The second-order valence-corrected chi connectivity index (χ2v) is 13.6. The van der Waals surface area contributed by atoms with E-state index in [4.69, 9.17) is 0 Å². The molecule has 2 N–H and O–H groups in total. The van der Waals surface area contributed by atoms with Crippen LogP contribution in [0.2, 0.25) is 0 Å². The number of carbonyl (C=O) groups excluding carboxylic acids is 1. The number of hydrogen-bond donors (Lipinski definition) is 2.